The Bertz CT molecular complexity index is 1050. The zero-order valence-electron chi connectivity index (χ0n) is 18.1. The summed E-state index contributed by atoms with van der Waals surface area (Å²) in [4.78, 5) is 25.4. The largest absolute Gasteiger partial charge is 0.363 e. The summed E-state index contributed by atoms with van der Waals surface area (Å²) in [5, 5.41) is 14.8. The smallest absolute Gasteiger partial charge is 0.269 e. The molecule has 0 atom stereocenters. The number of nitro benzene ring substituents is 1. The van der Waals surface area contributed by atoms with Crippen LogP contribution in [0.2, 0.25) is 0 Å². The van der Waals surface area contributed by atoms with Gasteiger partial charge in [-0.1, -0.05) is 12.1 Å². The molecule has 1 amide bonds. The molecular formula is C23H26N4O3S. The van der Waals surface area contributed by atoms with E-state index in [2.05, 4.69) is 61.3 Å². The molecule has 0 aromatic heterocycles. The quantitative estimate of drug-likeness (QED) is 0.289. The highest BCUT2D eigenvalue weighted by Gasteiger charge is 2.29. The average molecular weight is 439 g/mol. The molecule has 0 aliphatic carbocycles. The normalized spacial score (nSPS) is 14.8. The number of carbonyl (C=O) groups excluding carboxylic acids is 1. The molecule has 1 N–H and O–H groups in total. The van der Waals surface area contributed by atoms with Gasteiger partial charge in [0.25, 0.3) is 5.69 Å². The van der Waals surface area contributed by atoms with Crippen molar-refractivity contribution < 1.29 is 9.72 Å². The standard InChI is InChI=1S/C23H26N4O3S/c1-5-26-21-11-6-17(12-20(21)16(2)13-23(26,3)4)14-24-25-22(28)15-31-19-9-7-18(8-10-19)27(29)30/h6-14H,5,15H2,1-4H3,(H,25,28)/b24-14+. The van der Waals surface area contributed by atoms with Crippen molar-refractivity contribution in [3.63, 3.8) is 0 Å². The molecule has 31 heavy (non-hydrogen) atoms. The van der Waals surface area contributed by atoms with Crippen LogP contribution >= 0.6 is 11.8 Å². The maximum absolute atomic E-state index is 12.1. The molecule has 0 radical (unpaired) electrons. The van der Waals surface area contributed by atoms with Gasteiger partial charge in [0.15, 0.2) is 0 Å². The fraction of sp³-hybridized carbons (Fsp3) is 0.304. The first-order valence-electron chi connectivity index (χ1n) is 10.0. The van der Waals surface area contributed by atoms with E-state index in [1.807, 2.05) is 6.07 Å². The number of non-ortho nitro benzene ring substituents is 1. The van der Waals surface area contributed by atoms with Gasteiger partial charge in [-0.05, 0) is 63.1 Å². The number of anilines is 1. The minimum atomic E-state index is -0.450. The van der Waals surface area contributed by atoms with Crippen molar-refractivity contribution in [2.75, 3.05) is 17.2 Å². The van der Waals surface area contributed by atoms with Crippen molar-refractivity contribution in [3.8, 4) is 0 Å². The zero-order valence-corrected chi connectivity index (χ0v) is 18.9. The molecule has 7 nitrogen and oxygen atoms in total. The van der Waals surface area contributed by atoms with Gasteiger partial charge < -0.3 is 4.90 Å². The maximum atomic E-state index is 12.1. The van der Waals surface area contributed by atoms with Gasteiger partial charge in [-0.3, -0.25) is 14.9 Å². The monoisotopic (exact) mass is 438 g/mol. The Morgan fingerprint density at radius 2 is 1.97 bits per heavy atom. The average Bonchev–Trinajstić information content (AvgIpc) is 2.72. The number of allylic oxidation sites excluding steroid dienone is 1. The predicted molar refractivity (Wildman–Crippen MR) is 127 cm³/mol. The Morgan fingerprint density at radius 3 is 2.61 bits per heavy atom. The van der Waals surface area contributed by atoms with Gasteiger partial charge in [-0.15, -0.1) is 11.8 Å². The molecule has 0 spiro atoms. The van der Waals surface area contributed by atoms with Gasteiger partial charge in [-0.25, -0.2) is 5.43 Å². The number of nitrogens with zero attached hydrogens (tertiary/aromatic N) is 3. The molecule has 2 aromatic rings. The number of likely N-dealkylation sites (N-methyl/N-ethyl adjacent to an activating group) is 1. The molecule has 1 heterocycles. The third kappa shape index (κ3) is 5.32. The molecule has 0 fully saturated rings. The second-order valence-electron chi connectivity index (χ2n) is 7.83. The van der Waals surface area contributed by atoms with Gasteiger partial charge in [0.1, 0.15) is 0 Å². The van der Waals surface area contributed by atoms with Crippen molar-refractivity contribution in [1.82, 2.24) is 5.43 Å². The Morgan fingerprint density at radius 1 is 1.26 bits per heavy atom. The molecule has 0 unspecified atom stereocenters. The molecule has 3 rings (SSSR count). The molecule has 162 valence electrons. The molecule has 0 saturated heterocycles. The van der Waals surface area contributed by atoms with Crippen LogP contribution < -0.4 is 10.3 Å². The lowest BCUT2D eigenvalue weighted by Crippen LogP contribution is -2.44. The van der Waals surface area contributed by atoms with Gasteiger partial charge >= 0.3 is 0 Å². The van der Waals surface area contributed by atoms with Crippen LogP contribution in [0.15, 0.2) is 58.5 Å². The van der Waals surface area contributed by atoms with E-state index in [4.69, 9.17) is 0 Å². The first-order valence-corrected chi connectivity index (χ1v) is 11.0. The number of carbonyl (C=O) groups is 1. The first-order chi connectivity index (χ1) is 14.7. The van der Waals surface area contributed by atoms with E-state index in [0.29, 0.717) is 0 Å². The highest BCUT2D eigenvalue weighted by Crippen LogP contribution is 2.38. The van der Waals surface area contributed by atoms with E-state index in [1.54, 1.807) is 18.3 Å². The van der Waals surface area contributed by atoms with E-state index in [-0.39, 0.29) is 22.9 Å². The maximum Gasteiger partial charge on any atom is 0.269 e. The number of hydrogen-bond donors (Lipinski definition) is 1. The topological polar surface area (TPSA) is 87.8 Å². The number of fused-ring (bicyclic) bond motifs is 1. The first kappa shape index (κ1) is 22.6. The van der Waals surface area contributed by atoms with Crippen LogP contribution in [0.4, 0.5) is 11.4 Å². The Kier molecular flexibility index (Phi) is 6.80. The zero-order chi connectivity index (χ0) is 22.6. The number of nitrogens with one attached hydrogen (secondary N) is 1. The summed E-state index contributed by atoms with van der Waals surface area (Å²) < 4.78 is 0. The van der Waals surface area contributed by atoms with E-state index in [1.165, 1.54) is 40.7 Å². The summed E-state index contributed by atoms with van der Waals surface area (Å²) in [6.45, 7) is 9.61. The highest BCUT2D eigenvalue weighted by atomic mass is 32.2. The molecule has 0 saturated carbocycles. The minimum Gasteiger partial charge on any atom is -0.363 e. The summed E-state index contributed by atoms with van der Waals surface area (Å²) in [6.07, 6.45) is 3.91. The van der Waals surface area contributed by atoms with E-state index >= 15 is 0 Å². The highest BCUT2D eigenvalue weighted by molar-refractivity contribution is 8.00. The van der Waals surface area contributed by atoms with Crippen LogP contribution in [0.5, 0.6) is 0 Å². The fourth-order valence-corrected chi connectivity index (χ4v) is 4.47. The van der Waals surface area contributed by atoms with E-state index in [9.17, 15) is 14.9 Å². The number of amides is 1. The Labute approximate surface area is 186 Å². The Balaban J connectivity index is 1.59. The van der Waals surface area contributed by atoms with Crippen LogP contribution in [0.1, 0.15) is 38.8 Å². The molecule has 1 aliphatic heterocycles. The molecule has 2 aromatic carbocycles. The molecule has 1 aliphatic rings. The summed E-state index contributed by atoms with van der Waals surface area (Å²) in [6, 6.07) is 12.3. The van der Waals surface area contributed by atoms with Crippen molar-refractivity contribution in [1.29, 1.82) is 0 Å². The third-order valence-electron chi connectivity index (χ3n) is 5.14. The van der Waals surface area contributed by atoms with Crippen molar-refractivity contribution in [2.24, 2.45) is 5.10 Å². The van der Waals surface area contributed by atoms with Crippen LogP contribution in [0.3, 0.4) is 0 Å². The summed E-state index contributed by atoms with van der Waals surface area (Å²) in [5.74, 6) is -0.0746. The van der Waals surface area contributed by atoms with E-state index in [0.717, 1.165) is 17.0 Å². The molecule has 0 bridgehead atoms. The number of rotatable bonds is 7. The summed E-state index contributed by atoms with van der Waals surface area (Å²) in [7, 11) is 0. The SMILES string of the molecule is CCN1c2ccc(/C=N/NC(=O)CSc3ccc([N+](=O)[O-])cc3)cc2C(C)=CC1(C)C. The summed E-state index contributed by atoms with van der Waals surface area (Å²) >= 11 is 1.30. The number of thioether (sulfide) groups is 1. The predicted octanol–water partition coefficient (Wildman–Crippen LogP) is 4.86. The lowest BCUT2D eigenvalue weighted by molar-refractivity contribution is -0.384. The Hall–Kier alpha value is -3.13. The van der Waals surface area contributed by atoms with Gasteiger partial charge in [-0.2, -0.15) is 5.10 Å². The molecular weight excluding hydrogens is 412 g/mol. The minimum absolute atomic E-state index is 0.0270. The number of benzene rings is 2. The van der Waals surface area contributed by atoms with Crippen LogP contribution in [-0.4, -0.2) is 34.9 Å². The number of hydrazone groups is 1. The van der Waals surface area contributed by atoms with Crippen molar-refractivity contribution in [3.05, 3.63) is 69.8 Å². The van der Waals surface area contributed by atoms with Crippen LogP contribution in [-0.2, 0) is 4.79 Å². The number of hydrogen-bond acceptors (Lipinski definition) is 6. The van der Waals surface area contributed by atoms with Crippen molar-refractivity contribution in [2.45, 2.75) is 38.1 Å². The van der Waals surface area contributed by atoms with Gasteiger partial charge in [0, 0.05) is 34.8 Å². The van der Waals surface area contributed by atoms with Crippen LogP contribution in [0, 0.1) is 10.1 Å². The molecule has 8 heteroatoms. The van der Waals surface area contributed by atoms with Gasteiger partial charge in [0.2, 0.25) is 5.91 Å². The lowest BCUT2D eigenvalue weighted by atomic mass is 9.88. The number of nitro groups is 1. The second kappa shape index (κ2) is 9.34. The van der Waals surface area contributed by atoms with Crippen LogP contribution in [0.25, 0.3) is 5.57 Å². The van der Waals surface area contributed by atoms with Crippen molar-refractivity contribution >= 4 is 40.8 Å². The second-order valence-corrected chi connectivity index (χ2v) is 8.88. The van der Waals surface area contributed by atoms with E-state index < -0.39 is 4.92 Å². The fourth-order valence-electron chi connectivity index (χ4n) is 3.78. The summed E-state index contributed by atoms with van der Waals surface area (Å²) in [5.41, 5.74) is 7.03. The lowest BCUT2D eigenvalue weighted by Gasteiger charge is -2.42. The third-order valence-corrected chi connectivity index (χ3v) is 6.15. The van der Waals surface area contributed by atoms with Gasteiger partial charge in [0.05, 0.1) is 22.4 Å².